The zero-order chi connectivity index (χ0) is 9.23. The average Bonchev–Trinajstić information content (AvgIpc) is 2.06. The Morgan fingerprint density at radius 1 is 1.00 bits per heavy atom. The van der Waals surface area contributed by atoms with Gasteiger partial charge in [0.1, 0.15) is 0 Å². The Bertz CT molecular complexity index is 73.9. The fourth-order valence-electron chi connectivity index (χ4n) is 1.22. The predicted octanol–water partition coefficient (Wildman–Crippen LogP) is 4.90. The zero-order valence-corrected chi connectivity index (χ0v) is 11.2. The van der Waals surface area contributed by atoms with E-state index >= 15 is 0 Å². The number of rotatable bonds is 8. The van der Waals surface area contributed by atoms with Gasteiger partial charge >= 0.3 is 0 Å². The molecule has 1 unspecified atom stereocenters. The van der Waals surface area contributed by atoms with Crippen molar-refractivity contribution in [2.45, 2.75) is 56.7 Å². The van der Waals surface area contributed by atoms with Gasteiger partial charge in [-0.2, -0.15) is 0 Å². The first kappa shape index (κ1) is 13.0. The third-order valence-electron chi connectivity index (χ3n) is 2.02. The van der Waals surface area contributed by atoms with Crippen LogP contribution < -0.4 is 0 Å². The van der Waals surface area contributed by atoms with Crippen LogP contribution in [-0.2, 0) is 0 Å². The first-order valence-corrected chi connectivity index (χ1v) is 7.05. The summed E-state index contributed by atoms with van der Waals surface area (Å²) in [5, 5.41) is 1.15. The molecule has 0 bridgehead atoms. The largest absolute Gasteiger partial charge is 0.0928 e. The van der Waals surface area contributed by atoms with Gasteiger partial charge < -0.3 is 0 Å². The summed E-state index contributed by atoms with van der Waals surface area (Å²) in [6.07, 6.45) is 9.48. The Morgan fingerprint density at radius 2 is 1.58 bits per heavy atom. The van der Waals surface area contributed by atoms with Crippen molar-refractivity contribution in [1.29, 1.82) is 0 Å². The molecule has 0 aliphatic carbocycles. The molecule has 0 fully saturated rings. The topological polar surface area (TPSA) is 0 Å². The van der Waals surface area contributed by atoms with E-state index in [0.29, 0.717) is 0 Å². The lowest BCUT2D eigenvalue weighted by Crippen LogP contribution is -1.97. The van der Waals surface area contributed by atoms with Gasteiger partial charge in [-0.1, -0.05) is 64.5 Å². The molecule has 12 heavy (non-hydrogen) atoms. The molecule has 0 aromatic rings. The molecule has 0 aromatic heterocycles. The van der Waals surface area contributed by atoms with Gasteiger partial charge in [-0.3, -0.25) is 0 Å². The summed E-state index contributed by atoms with van der Waals surface area (Å²) in [6.45, 7) is 2.26. The van der Waals surface area contributed by atoms with Gasteiger partial charge in [0, 0.05) is 10.2 Å². The van der Waals surface area contributed by atoms with E-state index in [1.807, 2.05) is 0 Å². The first-order valence-electron chi connectivity index (χ1n) is 5.01. The molecule has 0 nitrogen and oxygen atoms in total. The van der Waals surface area contributed by atoms with Gasteiger partial charge in [-0.25, -0.2) is 0 Å². The fourth-order valence-corrected chi connectivity index (χ4v) is 2.26. The molecule has 1 atom stereocenters. The monoisotopic (exact) mass is 298 g/mol. The lowest BCUT2D eigenvalue weighted by Gasteiger charge is -2.07. The second-order valence-electron chi connectivity index (χ2n) is 3.28. The second kappa shape index (κ2) is 10.0. The standard InChI is InChI=1S/C10H20Br2/c1-2-3-4-7-10(12)8-5-6-9-11/h10H,2-9H2,1H3. The minimum absolute atomic E-state index is 0.767. The van der Waals surface area contributed by atoms with E-state index in [2.05, 4.69) is 38.8 Å². The summed E-state index contributed by atoms with van der Waals surface area (Å²) in [7, 11) is 0. The Balaban J connectivity index is 3.04. The minimum atomic E-state index is 0.767. The second-order valence-corrected chi connectivity index (χ2v) is 5.37. The molecule has 0 heterocycles. The van der Waals surface area contributed by atoms with Crippen molar-refractivity contribution < 1.29 is 0 Å². The fraction of sp³-hybridized carbons (Fsp3) is 1.00. The van der Waals surface area contributed by atoms with E-state index < -0.39 is 0 Å². The lowest BCUT2D eigenvalue weighted by atomic mass is 10.1. The number of halogens is 2. The maximum atomic E-state index is 3.72. The van der Waals surface area contributed by atoms with Crippen LogP contribution in [0.25, 0.3) is 0 Å². The van der Waals surface area contributed by atoms with Crippen molar-refractivity contribution in [3.8, 4) is 0 Å². The molecular formula is C10H20Br2. The molecule has 0 aromatic carbocycles. The van der Waals surface area contributed by atoms with Crippen molar-refractivity contribution in [3.63, 3.8) is 0 Å². The normalized spacial score (nSPS) is 13.2. The lowest BCUT2D eigenvalue weighted by molar-refractivity contribution is 0.605. The third-order valence-corrected chi connectivity index (χ3v) is 3.50. The minimum Gasteiger partial charge on any atom is -0.0928 e. The summed E-state index contributed by atoms with van der Waals surface area (Å²) in [6, 6.07) is 0. The van der Waals surface area contributed by atoms with E-state index in [-0.39, 0.29) is 0 Å². The van der Waals surface area contributed by atoms with Gasteiger partial charge in [-0.05, 0) is 19.3 Å². The maximum Gasteiger partial charge on any atom is 0.0145 e. The number of hydrogen-bond acceptors (Lipinski definition) is 0. The first-order chi connectivity index (χ1) is 5.81. The molecule has 0 saturated carbocycles. The van der Waals surface area contributed by atoms with Crippen molar-refractivity contribution >= 4 is 31.9 Å². The SMILES string of the molecule is CCCCCC(Br)CCCCBr. The van der Waals surface area contributed by atoms with Gasteiger partial charge in [0.2, 0.25) is 0 Å². The van der Waals surface area contributed by atoms with Crippen LogP contribution in [0.5, 0.6) is 0 Å². The molecule has 0 amide bonds. The van der Waals surface area contributed by atoms with Crippen molar-refractivity contribution in [2.75, 3.05) is 5.33 Å². The molecular weight excluding hydrogens is 280 g/mol. The summed E-state index contributed by atoms with van der Waals surface area (Å²) in [4.78, 5) is 0.767. The predicted molar refractivity (Wildman–Crippen MR) is 64.5 cm³/mol. The Labute approximate surface area is 93.8 Å². The molecule has 0 spiro atoms. The Kier molecular flexibility index (Phi) is 10.8. The summed E-state index contributed by atoms with van der Waals surface area (Å²) in [5.41, 5.74) is 0. The quantitative estimate of drug-likeness (QED) is 0.442. The van der Waals surface area contributed by atoms with Gasteiger partial charge in [0.15, 0.2) is 0 Å². The van der Waals surface area contributed by atoms with Crippen LogP contribution in [-0.4, -0.2) is 10.2 Å². The molecule has 0 saturated heterocycles. The highest BCUT2D eigenvalue weighted by Crippen LogP contribution is 2.17. The van der Waals surface area contributed by atoms with Crippen LogP contribution in [0, 0.1) is 0 Å². The van der Waals surface area contributed by atoms with Crippen LogP contribution >= 0.6 is 31.9 Å². The molecule has 0 aliphatic rings. The average molecular weight is 300 g/mol. The van der Waals surface area contributed by atoms with Crippen molar-refractivity contribution in [2.24, 2.45) is 0 Å². The van der Waals surface area contributed by atoms with Crippen molar-refractivity contribution in [1.82, 2.24) is 0 Å². The van der Waals surface area contributed by atoms with Gasteiger partial charge in [0.25, 0.3) is 0 Å². The highest BCUT2D eigenvalue weighted by atomic mass is 79.9. The molecule has 2 heteroatoms. The third kappa shape index (κ3) is 9.05. The summed E-state index contributed by atoms with van der Waals surface area (Å²) >= 11 is 7.17. The van der Waals surface area contributed by atoms with E-state index in [1.165, 1.54) is 44.9 Å². The summed E-state index contributed by atoms with van der Waals surface area (Å²) < 4.78 is 0. The maximum absolute atomic E-state index is 3.72. The number of alkyl halides is 2. The van der Waals surface area contributed by atoms with Gasteiger partial charge in [0.05, 0.1) is 0 Å². The van der Waals surface area contributed by atoms with Gasteiger partial charge in [-0.15, -0.1) is 0 Å². The highest BCUT2D eigenvalue weighted by Gasteiger charge is 2.02. The van der Waals surface area contributed by atoms with E-state index in [9.17, 15) is 0 Å². The van der Waals surface area contributed by atoms with Crippen LogP contribution in [0.4, 0.5) is 0 Å². The van der Waals surface area contributed by atoms with Crippen LogP contribution in [0.2, 0.25) is 0 Å². The number of hydrogen-bond donors (Lipinski definition) is 0. The Morgan fingerprint density at radius 3 is 2.08 bits per heavy atom. The zero-order valence-electron chi connectivity index (χ0n) is 7.99. The van der Waals surface area contributed by atoms with Crippen LogP contribution in [0.3, 0.4) is 0 Å². The van der Waals surface area contributed by atoms with E-state index in [4.69, 9.17) is 0 Å². The van der Waals surface area contributed by atoms with Crippen LogP contribution in [0.1, 0.15) is 51.9 Å². The number of unbranched alkanes of at least 4 members (excludes halogenated alkanes) is 3. The van der Waals surface area contributed by atoms with E-state index in [1.54, 1.807) is 0 Å². The molecule has 0 aliphatic heterocycles. The Hall–Kier alpha value is 0.960. The molecule has 0 radical (unpaired) electrons. The molecule has 74 valence electrons. The highest BCUT2D eigenvalue weighted by molar-refractivity contribution is 9.09. The molecule has 0 N–H and O–H groups in total. The summed E-state index contributed by atoms with van der Waals surface area (Å²) in [5.74, 6) is 0. The van der Waals surface area contributed by atoms with Crippen LogP contribution in [0.15, 0.2) is 0 Å². The molecule has 0 rings (SSSR count). The van der Waals surface area contributed by atoms with E-state index in [0.717, 1.165) is 10.2 Å². The van der Waals surface area contributed by atoms with Crippen molar-refractivity contribution in [3.05, 3.63) is 0 Å². The smallest absolute Gasteiger partial charge is 0.0145 e.